The van der Waals surface area contributed by atoms with Crippen LogP contribution >= 0.6 is 0 Å². The number of benzene rings is 2. The van der Waals surface area contributed by atoms with Crippen molar-refractivity contribution >= 4 is 29.0 Å². The first kappa shape index (κ1) is 25.3. The molecule has 0 saturated carbocycles. The van der Waals surface area contributed by atoms with Crippen molar-refractivity contribution < 1.29 is 23.5 Å². The number of carbonyl (C=O) groups is 2. The molecule has 196 valence electrons. The predicted molar refractivity (Wildman–Crippen MR) is 140 cm³/mol. The largest absolute Gasteiger partial charge is 0.487 e. The van der Waals surface area contributed by atoms with Gasteiger partial charge in [-0.3, -0.25) is 4.79 Å². The van der Waals surface area contributed by atoms with Gasteiger partial charge < -0.3 is 25.4 Å². The van der Waals surface area contributed by atoms with Gasteiger partial charge in [0.2, 0.25) is 0 Å². The first-order valence-corrected chi connectivity index (χ1v) is 13.0. The van der Waals surface area contributed by atoms with Gasteiger partial charge in [-0.05, 0) is 89.2 Å². The Labute approximate surface area is 216 Å². The van der Waals surface area contributed by atoms with Crippen molar-refractivity contribution in [2.75, 3.05) is 18.4 Å². The molecule has 1 fully saturated rings. The lowest BCUT2D eigenvalue weighted by atomic mass is 9.87. The van der Waals surface area contributed by atoms with Gasteiger partial charge in [0.05, 0.1) is 5.57 Å². The van der Waals surface area contributed by atoms with E-state index in [2.05, 4.69) is 22.0 Å². The number of amides is 2. The molecule has 0 spiro atoms. The summed E-state index contributed by atoms with van der Waals surface area (Å²) in [6, 6.07) is 10.4. The van der Waals surface area contributed by atoms with E-state index < -0.39 is 11.4 Å². The molecule has 2 aromatic rings. The Kier molecular flexibility index (Phi) is 6.94. The number of piperidine rings is 1. The summed E-state index contributed by atoms with van der Waals surface area (Å²) in [7, 11) is 0. The van der Waals surface area contributed by atoms with Crippen molar-refractivity contribution in [3.8, 4) is 0 Å². The Morgan fingerprint density at radius 1 is 1.22 bits per heavy atom. The lowest BCUT2D eigenvalue weighted by Crippen LogP contribution is -2.47. The Hall–Kier alpha value is -3.39. The van der Waals surface area contributed by atoms with Crippen LogP contribution in [0.15, 0.2) is 36.4 Å². The average molecular weight is 508 g/mol. The normalized spacial score (nSPS) is 21.5. The Balaban J connectivity index is 1.33. The third-order valence-corrected chi connectivity index (χ3v) is 7.09. The molecule has 3 N–H and O–H groups in total. The molecule has 1 saturated heterocycles. The molecule has 5 rings (SSSR count). The van der Waals surface area contributed by atoms with Crippen LogP contribution in [0.5, 0.6) is 0 Å². The van der Waals surface area contributed by atoms with Gasteiger partial charge >= 0.3 is 6.09 Å². The van der Waals surface area contributed by atoms with Gasteiger partial charge in [-0.25, -0.2) is 9.18 Å². The van der Waals surface area contributed by atoms with Crippen LogP contribution in [0.3, 0.4) is 0 Å². The summed E-state index contributed by atoms with van der Waals surface area (Å²) in [5.74, 6) is 0.146. The van der Waals surface area contributed by atoms with Gasteiger partial charge in [-0.1, -0.05) is 18.2 Å². The Morgan fingerprint density at radius 3 is 2.81 bits per heavy atom. The summed E-state index contributed by atoms with van der Waals surface area (Å²) in [5, 5.41) is 9.36. The van der Waals surface area contributed by atoms with Crippen molar-refractivity contribution in [1.29, 1.82) is 0 Å². The minimum atomic E-state index is -0.547. The van der Waals surface area contributed by atoms with Gasteiger partial charge in [0.25, 0.3) is 5.91 Å². The van der Waals surface area contributed by atoms with E-state index in [1.54, 1.807) is 6.07 Å². The number of carbonyl (C=O) groups excluding carboxylic acids is 2. The van der Waals surface area contributed by atoms with Crippen LogP contribution in [0.4, 0.5) is 14.9 Å². The highest BCUT2D eigenvalue weighted by molar-refractivity contribution is 6.36. The van der Waals surface area contributed by atoms with E-state index in [4.69, 9.17) is 9.47 Å². The van der Waals surface area contributed by atoms with Crippen LogP contribution in [0.2, 0.25) is 0 Å². The smallest absolute Gasteiger partial charge is 0.407 e. The molecule has 0 aliphatic carbocycles. The number of ether oxygens (including phenoxy) is 2. The van der Waals surface area contributed by atoms with E-state index in [0.717, 1.165) is 55.5 Å². The van der Waals surface area contributed by atoms with Gasteiger partial charge in [-0.15, -0.1) is 0 Å². The number of aryl methyl sites for hydroxylation is 1. The maximum atomic E-state index is 13.9. The predicted octanol–water partition coefficient (Wildman–Crippen LogP) is 5.00. The molecule has 3 aliphatic rings. The fourth-order valence-corrected chi connectivity index (χ4v) is 5.37. The van der Waals surface area contributed by atoms with Crippen molar-refractivity contribution in [2.24, 2.45) is 5.92 Å². The molecule has 2 atom stereocenters. The minimum absolute atomic E-state index is 0.00147. The minimum Gasteiger partial charge on any atom is -0.487 e. The Bertz CT molecular complexity index is 1240. The maximum absolute atomic E-state index is 13.9. The first-order chi connectivity index (χ1) is 17.7. The number of anilines is 1. The van der Waals surface area contributed by atoms with Crippen molar-refractivity contribution in [3.05, 3.63) is 64.5 Å². The quantitative estimate of drug-likeness (QED) is 0.496. The summed E-state index contributed by atoms with van der Waals surface area (Å²) >= 11 is 0. The van der Waals surface area contributed by atoms with Crippen LogP contribution in [-0.4, -0.2) is 36.7 Å². The Morgan fingerprint density at radius 2 is 2.05 bits per heavy atom. The zero-order valence-corrected chi connectivity index (χ0v) is 21.6. The van der Waals surface area contributed by atoms with E-state index in [9.17, 15) is 14.0 Å². The lowest BCUT2D eigenvalue weighted by Gasteiger charge is -2.32. The highest BCUT2D eigenvalue weighted by Gasteiger charge is 2.33. The average Bonchev–Trinajstić information content (AvgIpc) is 3.40. The third kappa shape index (κ3) is 5.64. The summed E-state index contributed by atoms with van der Waals surface area (Å²) in [6.07, 6.45) is 3.34. The monoisotopic (exact) mass is 507 g/mol. The molecule has 37 heavy (non-hydrogen) atoms. The number of hydrogen-bond acceptors (Lipinski definition) is 5. The summed E-state index contributed by atoms with van der Waals surface area (Å²) in [6.45, 7) is 7.83. The molecular weight excluding hydrogens is 473 g/mol. The first-order valence-electron chi connectivity index (χ1n) is 13.0. The second-order valence-corrected chi connectivity index (χ2v) is 11.0. The number of alkyl carbamates (subject to hydrolysis) is 1. The van der Waals surface area contributed by atoms with Gasteiger partial charge in [0.15, 0.2) is 0 Å². The molecule has 3 heterocycles. The van der Waals surface area contributed by atoms with E-state index in [0.29, 0.717) is 35.1 Å². The molecule has 2 aromatic carbocycles. The van der Waals surface area contributed by atoms with Crippen LogP contribution in [0.25, 0.3) is 11.3 Å². The lowest BCUT2D eigenvalue weighted by molar-refractivity contribution is -0.110. The van der Waals surface area contributed by atoms with Crippen LogP contribution in [0.1, 0.15) is 62.3 Å². The number of nitrogens with one attached hydrogen (secondary N) is 3. The van der Waals surface area contributed by atoms with E-state index in [1.165, 1.54) is 12.1 Å². The van der Waals surface area contributed by atoms with Crippen molar-refractivity contribution in [2.45, 2.75) is 64.7 Å². The van der Waals surface area contributed by atoms with Crippen LogP contribution in [0, 0.1) is 11.7 Å². The van der Waals surface area contributed by atoms with E-state index in [1.807, 2.05) is 32.9 Å². The SMILES string of the molecule is CC(C)(C)OC(=O)NC(CCc1ccc2c(c1)COC2=C1C(=O)Nc2ccc(F)cc21)C1CCCNC1. The number of hydrogen-bond donors (Lipinski definition) is 3. The van der Waals surface area contributed by atoms with Gasteiger partial charge in [-0.2, -0.15) is 0 Å². The van der Waals surface area contributed by atoms with E-state index >= 15 is 0 Å². The molecular formula is C29H34FN3O4. The van der Waals surface area contributed by atoms with Crippen LogP contribution < -0.4 is 16.0 Å². The number of fused-ring (bicyclic) bond motifs is 2. The molecule has 8 heteroatoms. The zero-order chi connectivity index (χ0) is 26.2. The molecule has 0 aromatic heterocycles. The molecule has 0 radical (unpaired) electrons. The second kappa shape index (κ2) is 10.2. The standard InChI is InChI=1S/C29H34FN3O4/c1-29(2,3)37-28(35)33-23(18-5-4-12-31-15-18)10-7-17-6-9-21-19(13-17)16-36-26(21)25-22-14-20(30)8-11-24(22)32-27(25)34/h6,8-9,11,13-14,18,23,31H,4-5,7,10,12,15-16H2,1-3H3,(H,32,34)(H,33,35). The summed E-state index contributed by atoms with van der Waals surface area (Å²) in [4.78, 5) is 25.2. The highest BCUT2D eigenvalue weighted by atomic mass is 19.1. The maximum Gasteiger partial charge on any atom is 0.407 e. The van der Waals surface area contributed by atoms with Crippen LogP contribution in [-0.2, 0) is 27.3 Å². The van der Waals surface area contributed by atoms with Crippen molar-refractivity contribution in [1.82, 2.24) is 10.6 Å². The molecule has 0 bridgehead atoms. The fourth-order valence-electron chi connectivity index (χ4n) is 5.37. The summed E-state index contributed by atoms with van der Waals surface area (Å²) < 4.78 is 25.4. The fraction of sp³-hybridized carbons (Fsp3) is 0.448. The second-order valence-electron chi connectivity index (χ2n) is 11.0. The topological polar surface area (TPSA) is 88.7 Å². The van der Waals surface area contributed by atoms with E-state index in [-0.39, 0.29) is 18.0 Å². The van der Waals surface area contributed by atoms with Gasteiger partial charge in [0.1, 0.15) is 23.8 Å². The molecule has 2 unspecified atom stereocenters. The third-order valence-electron chi connectivity index (χ3n) is 7.09. The highest BCUT2D eigenvalue weighted by Crippen LogP contribution is 2.42. The molecule has 3 aliphatic heterocycles. The van der Waals surface area contributed by atoms with Gasteiger partial charge in [0, 0.05) is 28.4 Å². The molecule has 2 amide bonds. The number of halogens is 1. The summed E-state index contributed by atoms with van der Waals surface area (Å²) in [5.41, 5.74) is 3.91. The molecule has 7 nitrogen and oxygen atoms in total. The zero-order valence-electron chi connectivity index (χ0n) is 21.6. The number of rotatable bonds is 5. The van der Waals surface area contributed by atoms with Crippen molar-refractivity contribution in [3.63, 3.8) is 0 Å².